The second-order valence-electron chi connectivity index (χ2n) is 5.11. The molecule has 2 N–H and O–H groups in total. The first-order chi connectivity index (χ1) is 11.0. The Bertz CT molecular complexity index is 677. The third kappa shape index (κ3) is 2.79. The van der Waals surface area contributed by atoms with E-state index in [2.05, 4.69) is 0 Å². The SMILES string of the molecule is COc1ccc(COC(=O)C2=C(F)CS[C@@H]3C(N)C(=O)N23)cc1. The minimum Gasteiger partial charge on any atom is -0.497 e. The lowest BCUT2D eigenvalue weighted by Gasteiger charge is -2.47. The van der Waals surface area contributed by atoms with Crippen LogP contribution < -0.4 is 10.5 Å². The molecule has 0 saturated carbocycles. The van der Waals surface area contributed by atoms with Gasteiger partial charge in [0.2, 0.25) is 5.91 Å². The van der Waals surface area contributed by atoms with E-state index < -0.39 is 29.1 Å². The molecule has 2 aliphatic rings. The van der Waals surface area contributed by atoms with Crippen molar-refractivity contribution in [2.75, 3.05) is 12.9 Å². The number of amides is 1. The number of fused-ring (bicyclic) bond motifs is 1. The smallest absolute Gasteiger partial charge is 0.358 e. The molecule has 0 aromatic heterocycles. The Morgan fingerprint density at radius 2 is 2.13 bits per heavy atom. The summed E-state index contributed by atoms with van der Waals surface area (Å²) >= 11 is 1.20. The minimum absolute atomic E-state index is 0.00904. The van der Waals surface area contributed by atoms with E-state index in [-0.39, 0.29) is 18.1 Å². The number of methoxy groups -OCH3 is 1. The number of esters is 1. The van der Waals surface area contributed by atoms with Gasteiger partial charge in [-0.2, -0.15) is 0 Å². The number of thioether (sulfide) groups is 1. The first-order valence-corrected chi connectivity index (χ1v) is 7.96. The maximum atomic E-state index is 14.0. The highest BCUT2D eigenvalue weighted by molar-refractivity contribution is 8.00. The van der Waals surface area contributed by atoms with E-state index in [4.69, 9.17) is 15.2 Å². The number of benzene rings is 1. The predicted molar refractivity (Wildman–Crippen MR) is 82.0 cm³/mol. The molecule has 0 bridgehead atoms. The topological polar surface area (TPSA) is 81.9 Å². The zero-order valence-electron chi connectivity index (χ0n) is 12.3. The maximum absolute atomic E-state index is 14.0. The number of rotatable bonds is 4. The number of hydrogen-bond acceptors (Lipinski definition) is 6. The summed E-state index contributed by atoms with van der Waals surface area (Å²) < 4.78 is 24.2. The van der Waals surface area contributed by atoms with Gasteiger partial charge in [-0.05, 0) is 17.7 Å². The summed E-state index contributed by atoms with van der Waals surface area (Å²) in [5.74, 6) is -1.29. The molecule has 122 valence electrons. The van der Waals surface area contributed by atoms with Gasteiger partial charge in [-0.15, -0.1) is 11.8 Å². The Hall–Kier alpha value is -2.06. The van der Waals surface area contributed by atoms with E-state index in [0.29, 0.717) is 5.75 Å². The van der Waals surface area contributed by atoms with E-state index in [1.54, 1.807) is 31.4 Å². The van der Waals surface area contributed by atoms with E-state index in [1.807, 2.05) is 0 Å². The lowest BCUT2D eigenvalue weighted by Crippen LogP contribution is -2.68. The highest BCUT2D eigenvalue weighted by Crippen LogP contribution is 2.40. The number of ether oxygens (including phenoxy) is 2. The lowest BCUT2D eigenvalue weighted by molar-refractivity contribution is -0.151. The van der Waals surface area contributed by atoms with Gasteiger partial charge in [-0.25, -0.2) is 9.18 Å². The Balaban J connectivity index is 1.68. The van der Waals surface area contributed by atoms with Crippen molar-refractivity contribution in [2.45, 2.75) is 18.0 Å². The van der Waals surface area contributed by atoms with Gasteiger partial charge in [0.15, 0.2) is 5.70 Å². The fourth-order valence-electron chi connectivity index (χ4n) is 2.41. The molecule has 23 heavy (non-hydrogen) atoms. The number of nitrogens with two attached hydrogens (primary N) is 1. The molecular weight excluding hydrogens is 323 g/mol. The predicted octanol–water partition coefficient (Wildman–Crippen LogP) is 1.16. The van der Waals surface area contributed by atoms with Gasteiger partial charge in [0.05, 0.1) is 7.11 Å². The van der Waals surface area contributed by atoms with Crippen molar-refractivity contribution in [3.8, 4) is 5.75 Å². The van der Waals surface area contributed by atoms with Crippen molar-refractivity contribution in [3.63, 3.8) is 0 Å². The zero-order chi connectivity index (χ0) is 16.6. The van der Waals surface area contributed by atoms with Crippen LogP contribution in [0, 0.1) is 0 Å². The summed E-state index contributed by atoms with van der Waals surface area (Å²) in [6.45, 7) is -0.0223. The van der Waals surface area contributed by atoms with Crippen molar-refractivity contribution in [1.29, 1.82) is 0 Å². The number of β-lactam (4-membered cyclic amide) rings is 1. The fraction of sp³-hybridized carbons (Fsp3) is 0.333. The largest absolute Gasteiger partial charge is 0.497 e. The van der Waals surface area contributed by atoms with Crippen LogP contribution in [0.4, 0.5) is 4.39 Å². The summed E-state index contributed by atoms with van der Waals surface area (Å²) in [6, 6.07) is 6.24. The third-order valence-electron chi connectivity index (χ3n) is 3.69. The highest BCUT2D eigenvalue weighted by atomic mass is 32.2. The molecule has 1 aromatic carbocycles. The van der Waals surface area contributed by atoms with Crippen LogP contribution in [0.25, 0.3) is 0 Å². The minimum atomic E-state index is -0.858. The van der Waals surface area contributed by atoms with Crippen LogP contribution in [-0.2, 0) is 20.9 Å². The van der Waals surface area contributed by atoms with Gasteiger partial charge in [-0.1, -0.05) is 12.1 Å². The van der Waals surface area contributed by atoms with Crippen molar-refractivity contribution < 1.29 is 23.5 Å². The number of nitrogens with zero attached hydrogens (tertiary/aromatic N) is 1. The number of carbonyl (C=O) groups is 2. The molecule has 1 unspecified atom stereocenters. The molecule has 8 heteroatoms. The Labute approximate surface area is 136 Å². The maximum Gasteiger partial charge on any atom is 0.358 e. The molecule has 6 nitrogen and oxygen atoms in total. The fourth-order valence-corrected chi connectivity index (χ4v) is 3.54. The highest BCUT2D eigenvalue weighted by Gasteiger charge is 2.52. The number of carbonyl (C=O) groups excluding carboxylic acids is 2. The van der Waals surface area contributed by atoms with Crippen molar-refractivity contribution in [3.05, 3.63) is 41.4 Å². The average Bonchev–Trinajstić information content (AvgIpc) is 2.59. The number of halogens is 1. The molecule has 2 heterocycles. The van der Waals surface area contributed by atoms with Crippen LogP contribution in [0.15, 0.2) is 35.8 Å². The molecule has 2 atom stereocenters. The van der Waals surface area contributed by atoms with Gasteiger partial charge >= 0.3 is 5.97 Å². The summed E-state index contributed by atoms with van der Waals surface area (Å²) in [5, 5.41) is -0.398. The summed E-state index contributed by atoms with van der Waals surface area (Å²) in [7, 11) is 1.55. The Morgan fingerprint density at radius 1 is 1.43 bits per heavy atom. The van der Waals surface area contributed by atoms with Gasteiger partial charge in [0.25, 0.3) is 0 Å². The molecule has 1 amide bonds. The van der Waals surface area contributed by atoms with Crippen LogP contribution >= 0.6 is 11.8 Å². The molecule has 1 fully saturated rings. The van der Waals surface area contributed by atoms with Crippen molar-refractivity contribution in [1.82, 2.24) is 4.90 Å². The zero-order valence-corrected chi connectivity index (χ0v) is 13.1. The van der Waals surface area contributed by atoms with E-state index in [9.17, 15) is 14.0 Å². The second-order valence-corrected chi connectivity index (χ2v) is 6.22. The first kappa shape index (κ1) is 15.8. The van der Waals surface area contributed by atoms with Crippen molar-refractivity contribution in [2.24, 2.45) is 5.73 Å². The third-order valence-corrected chi connectivity index (χ3v) is 4.95. The molecule has 0 radical (unpaired) electrons. The van der Waals surface area contributed by atoms with Gasteiger partial charge in [0.1, 0.15) is 29.6 Å². The summed E-state index contributed by atoms with van der Waals surface area (Å²) in [6.07, 6.45) is 0. The quantitative estimate of drug-likeness (QED) is 0.655. The molecule has 1 saturated heterocycles. The average molecular weight is 338 g/mol. The monoisotopic (exact) mass is 338 g/mol. The van der Waals surface area contributed by atoms with Crippen molar-refractivity contribution >= 4 is 23.6 Å². The number of hydrogen-bond donors (Lipinski definition) is 1. The van der Waals surface area contributed by atoms with E-state index >= 15 is 0 Å². The molecule has 1 aromatic rings. The van der Waals surface area contributed by atoms with Crippen LogP contribution in [0.3, 0.4) is 0 Å². The van der Waals surface area contributed by atoms with Crippen LogP contribution in [0.5, 0.6) is 5.75 Å². The van der Waals surface area contributed by atoms with Crippen LogP contribution in [0.1, 0.15) is 5.56 Å². The molecule has 0 aliphatic carbocycles. The molecule has 2 aliphatic heterocycles. The first-order valence-electron chi connectivity index (χ1n) is 6.92. The lowest BCUT2D eigenvalue weighted by atomic mass is 10.1. The summed E-state index contributed by atoms with van der Waals surface area (Å²) in [5.41, 5.74) is 6.06. The molecule has 3 rings (SSSR count). The van der Waals surface area contributed by atoms with Gasteiger partial charge < -0.3 is 15.2 Å². The molecular formula is C15H15FN2O4S. The standard InChI is InChI=1S/C15H15FN2O4S/c1-21-9-4-2-8(3-5-9)6-22-15(20)12-10(16)7-23-14-11(17)13(19)18(12)14/h2-5,11,14H,6-7,17H2,1H3/t11?,14-/m1/s1. The van der Waals surface area contributed by atoms with Crippen LogP contribution in [-0.4, -0.2) is 41.1 Å². The van der Waals surface area contributed by atoms with Gasteiger partial charge in [-0.3, -0.25) is 9.69 Å². The summed E-state index contributed by atoms with van der Waals surface area (Å²) in [4.78, 5) is 25.0. The van der Waals surface area contributed by atoms with E-state index in [1.165, 1.54) is 11.8 Å². The Kier molecular flexibility index (Phi) is 4.27. The van der Waals surface area contributed by atoms with Crippen LogP contribution in [0.2, 0.25) is 0 Å². The van der Waals surface area contributed by atoms with Gasteiger partial charge in [0, 0.05) is 5.75 Å². The second kappa shape index (κ2) is 6.21. The molecule has 0 spiro atoms. The van der Waals surface area contributed by atoms with E-state index in [0.717, 1.165) is 10.5 Å². The Morgan fingerprint density at radius 3 is 2.78 bits per heavy atom. The normalized spacial score (nSPS) is 23.3.